The monoisotopic (exact) mass is 393 g/mol. The molecule has 0 atom stereocenters. The van der Waals surface area contributed by atoms with Crippen molar-refractivity contribution in [3.05, 3.63) is 32.4 Å². The first-order valence-electron chi connectivity index (χ1n) is 5.51. The summed E-state index contributed by atoms with van der Waals surface area (Å²) in [5, 5.41) is 8.68. The van der Waals surface area contributed by atoms with Gasteiger partial charge in [0.1, 0.15) is 5.69 Å². The maximum Gasteiger partial charge on any atom is 0.273 e. The first kappa shape index (κ1) is 14.3. The summed E-state index contributed by atoms with van der Waals surface area (Å²) in [6.07, 6.45) is 3.24. The number of rotatable bonds is 3. The number of aryl methyl sites for hydroxylation is 2. The third kappa shape index (κ3) is 2.76. The minimum Gasteiger partial charge on any atom is -0.334 e. The highest BCUT2D eigenvalue weighted by Crippen LogP contribution is 2.18. The van der Waals surface area contributed by atoms with Crippen LogP contribution in [-0.2, 0) is 20.6 Å². The van der Waals surface area contributed by atoms with Crippen LogP contribution in [0.1, 0.15) is 16.2 Å². The molecule has 0 spiro atoms. The smallest absolute Gasteiger partial charge is 0.273 e. The number of nitrogens with zero attached hydrogens (tertiary/aromatic N) is 5. The summed E-state index contributed by atoms with van der Waals surface area (Å²) in [5.74, 6) is -0.0957. The number of halogens is 2. The molecule has 0 saturated heterocycles. The van der Waals surface area contributed by atoms with Crippen molar-refractivity contribution in [1.29, 1.82) is 0 Å². The van der Waals surface area contributed by atoms with E-state index in [0.717, 1.165) is 9.26 Å². The zero-order valence-electron chi connectivity index (χ0n) is 10.8. The van der Waals surface area contributed by atoms with Crippen molar-refractivity contribution < 1.29 is 4.79 Å². The van der Waals surface area contributed by atoms with Crippen molar-refractivity contribution >= 4 is 40.1 Å². The molecule has 1 amide bonds. The number of hydrogen-bond acceptors (Lipinski definition) is 3. The average molecular weight is 394 g/mol. The molecule has 0 aliphatic heterocycles. The van der Waals surface area contributed by atoms with Gasteiger partial charge in [-0.1, -0.05) is 11.6 Å². The van der Waals surface area contributed by atoms with E-state index in [2.05, 4.69) is 32.8 Å². The van der Waals surface area contributed by atoms with E-state index in [9.17, 15) is 4.79 Å². The van der Waals surface area contributed by atoms with Crippen LogP contribution in [0.5, 0.6) is 0 Å². The molecule has 0 saturated carbocycles. The molecule has 0 bridgehead atoms. The van der Waals surface area contributed by atoms with E-state index in [4.69, 9.17) is 11.6 Å². The summed E-state index contributed by atoms with van der Waals surface area (Å²) >= 11 is 8.14. The summed E-state index contributed by atoms with van der Waals surface area (Å²) < 4.78 is 4.07. The molecule has 19 heavy (non-hydrogen) atoms. The van der Waals surface area contributed by atoms with E-state index in [1.54, 1.807) is 47.8 Å². The first-order valence-corrected chi connectivity index (χ1v) is 6.96. The number of carbonyl (C=O) groups is 1. The van der Waals surface area contributed by atoms with Crippen molar-refractivity contribution in [2.24, 2.45) is 14.1 Å². The first-order chi connectivity index (χ1) is 8.91. The lowest BCUT2D eigenvalue weighted by atomic mass is 10.3. The maximum atomic E-state index is 12.4. The van der Waals surface area contributed by atoms with E-state index in [1.807, 2.05) is 0 Å². The fourth-order valence-electron chi connectivity index (χ4n) is 1.74. The molecule has 0 N–H and O–H groups in total. The van der Waals surface area contributed by atoms with E-state index < -0.39 is 0 Å². The van der Waals surface area contributed by atoms with Crippen LogP contribution in [0.25, 0.3) is 0 Å². The third-order valence-corrected chi connectivity index (χ3v) is 3.95. The molecular weight excluding hydrogens is 381 g/mol. The van der Waals surface area contributed by atoms with Gasteiger partial charge < -0.3 is 4.90 Å². The Morgan fingerprint density at radius 2 is 2.00 bits per heavy atom. The Morgan fingerprint density at radius 3 is 2.47 bits per heavy atom. The van der Waals surface area contributed by atoms with Crippen molar-refractivity contribution in [3.8, 4) is 0 Å². The van der Waals surface area contributed by atoms with Gasteiger partial charge >= 0.3 is 0 Å². The molecule has 2 rings (SSSR count). The third-order valence-electron chi connectivity index (χ3n) is 2.84. The molecule has 2 aromatic heterocycles. The zero-order valence-corrected chi connectivity index (χ0v) is 13.7. The van der Waals surface area contributed by atoms with Crippen molar-refractivity contribution in [1.82, 2.24) is 24.5 Å². The average Bonchev–Trinajstić information content (AvgIpc) is 2.85. The Hall–Kier alpha value is -1.09. The molecule has 0 fully saturated rings. The SMILES string of the molecule is CN(Cc1c(Cl)cnn1C)C(=O)c1c(I)cnn1C. The highest BCUT2D eigenvalue weighted by atomic mass is 127. The fourth-order valence-corrected chi connectivity index (χ4v) is 2.67. The van der Waals surface area contributed by atoms with E-state index >= 15 is 0 Å². The molecule has 0 unspecified atom stereocenters. The normalized spacial score (nSPS) is 10.8. The van der Waals surface area contributed by atoms with Gasteiger partial charge in [-0.05, 0) is 22.6 Å². The molecular formula is C11H13ClIN5O. The van der Waals surface area contributed by atoms with Crippen LogP contribution in [0.2, 0.25) is 5.02 Å². The molecule has 2 heterocycles. The van der Waals surface area contributed by atoms with Crippen molar-refractivity contribution in [2.75, 3.05) is 7.05 Å². The van der Waals surface area contributed by atoms with Crippen LogP contribution in [0.4, 0.5) is 0 Å². The van der Waals surface area contributed by atoms with Crippen LogP contribution < -0.4 is 0 Å². The predicted molar refractivity (Wildman–Crippen MR) is 79.9 cm³/mol. The Bertz CT molecular complexity index is 582. The molecule has 2 aromatic rings. The lowest BCUT2D eigenvalue weighted by Gasteiger charge is -2.17. The molecule has 102 valence electrons. The van der Waals surface area contributed by atoms with Gasteiger partial charge in [0.05, 0.1) is 33.2 Å². The Kier molecular flexibility index (Phi) is 4.14. The second kappa shape index (κ2) is 5.49. The lowest BCUT2D eigenvalue weighted by Crippen LogP contribution is -2.29. The summed E-state index contributed by atoms with van der Waals surface area (Å²) in [7, 11) is 5.28. The van der Waals surface area contributed by atoms with Crippen LogP contribution in [0.15, 0.2) is 12.4 Å². The van der Waals surface area contributed by atoms with Gasteiger partial charge in [0.2, 0.25) is 0 Å². The van der Waals surface area contributed by atoms with Crippen LogP contribution in [0.3, 0.4) is 0 Å². The van der Waals surface area contributed by atoms with Crippen LogP contribution in [-0.4, -0.2) is 37.4 Å². The van der Waals surface area contributed by atoms with Gasteiger partial charge in [-0.25, -0.2) is 0 Å². The number of aromatic nitrogens is 4. The molecule has 0 aromatic carbocycles. The predicted octanol–water partition coefficient (Wildman–Crippen LogP) is 1.68. The number of amides is 1. The highest BCUT2D eigenvalue weighted by Gasteiger charge is 2.21. The maximum absolute atomic E-state index is 12.4. The number of hydrogen-bond donors (Lipinski definition) is 0. The van der Waals surface area contributed by atoms with Gasteiger partial charge in [0, 0.05) is 21.1 Å². The van der Waals surface area contributed by atoms with E-state index in [0.29, 0.717) is 17.3 Å². The van der Waals surface area contributed by atoms with Crippen molar-refractivity contribution in [2.45, 2.75) is 6.54 Å². The van der Waals surface area contributed by atoms with Gasteiger partial charge in [-0.2, -0.15) is 10.2 Å². The molecule has 8 heteroatoms. The zero-order chi connectivity index (χ0) is 14.2. The quantitative estimate of drug-likeness (QED) is 0.746. The van der Waals surface area contributed by atoms with Gasteiger partial charge in [-0.3, -0.25) is 14.2 Å². The topological polar surface area (TPSA) is 56.0 Å². The summed E-state index contributed by atoms with van der Waals surface area (Å²) in [4.78, 5) is 14.0. The molecule has 0 aliphatic rings. The lowest BCUT2D eigenvalue weighted by molar-refractivity contribution is 0.0770. The standard InChI is InChI=1S/C11H13ClIN5O/c1-16(6-9-7(12)4-14-17(9)2)11(19)10-8(13)5-15-18(10)3/h4-5H,6H2,1-3H3. The molecule has 0 aliphatic carbocycles. The van der Waals surface area contributed by atoms with E-state index in [-0.39, 0.29) is 5.91 Å². The van der Waals surface area contributed by atoms with Gasteiger partial charge in [0.25, 0.3) is 5.91 Å². The largest absolute Gasteiger partial charge is 0.334 e. The summed E-state index contributed by atoms with van der Waals surface area (Å²) in [6, 6.07) is 0. The van der Waals surface area contributed by atoms with Crippen LogP contribution in [0, 0.1) is 3.57 Å². The minimum absolute atomic E-state index is 0.0957. The van der Waals surface area contributed by atoms with Gasteiger partial charge in [-0.15, -0.1) is 0 Å². The highest BCUT2D eigenvalue weighted by molar-refractivity contribution is 14.1. The van der Waals surface area contributed by atoms with Gasteiger partial charge in [0.15, 0.2) is 0 Å². The second-order valence-corrected chi connectivity index (χ2v) is 5.76. The second-order valence-electron chi connectivity index (χ2n) is 4.19. The van der Waals surface area contributed by atoms with Crippen molar-refractivity contribution in [3.63, 3.8) is 0 Å². The minimum atomic E-state index is -0.0957. The molecule has 6 nitrogen and oxygen atoms in total. The summed E-state index contributed by atoms with van der Waals surface area (Å²) in [6.45, 7) is 0.398. The summed E-state index contributed by atoms with van der Waals surface area (Å²) in [5.41, 5.74) is 1.37. The Balaban J connectivity index is 2.21. The molecule has 0 radical (unpaired) electrons. The number of carbonyl (C=O) groups excluding carboxylic acids is 1. The Morgan fingerprint density at radius 1 is 1.37 bits per heavy atom. The fraction of sp³-hybridized carbons (Fsp3) is 0.364. The Labute approximate surface area is 129 Å². The van der Waals surface area contributed by atoms with Crippen LogP contribution >= 0.6 is 34.2 Å². The van der Waals surface area contributed by atoms with E-state index in [1.165, 1.54) is 0 Å².